The summed E-state index contributed by atoms with van der Waals surface area (Å²) in [4.78, 5) is 22.0. The van der Waals surface area contributed by atoms with E-state index in [0.717, 1.165) is 56.1 Å². The van der Waals surface area contributed by atoms with Crippen molar-refractivity contribution in [1.29, 1.82) is 0 Å². The molecule has 0 bridgehead atoms. The number of benzene rings is 3. The molecule has 1 aromatic heterocycles. The standard InChI is InChI=1S/C34H38N4O4S/c39-34(29-12-14-30(15-13-29)36-43(40,41)32-9-2-7-28-8-3-19-35-33(28)32)38-21-4-20-37(22-23-38)25-27-10-16-31(17-11-27)42-24-18-26-5-1-6-26/h2-3,7-17,19,26,36H,1,4-6,18,20-25H2. The van der Waals surface area contributed by atoms with Gasteiger partial charge < -0.3 is 9.64 Å². The van der Waals surface area contributed by atoms with Crippen molar-refractivity contribution in [1.82, 2.24) is 14.8 Å². The highest BCUT2D eigenvalue weighted by Gasteiger charge is 2.22. The third kappa shape index (κ3) is 7.17. The Balaban J connectivity index is 1.01. The Hall–Kier alpha value is -3.95. The highest BCUT2D eigenvalue weighted by molar-refractivity contribution is 7.93. The van der Waals surface area contributed by atoms with Crippen molar-refractivity contribution >= 4 is 32.5 Å². The molecule has 1 aliphatic heterocycles. The first-order valence-electron chi connectivity index (χ1n) is 15.1. The second-order valence-corrected chi connectivity index (χ2v) is 13.2. The van der Waals surface area contributed by atoms with E-state index >= 15 is 0 Å². The van der Waals surface area contributed by atoms with Gasteiger partial charge in [0.2, 0.25) is 0 Å². The minimum absolute atomic E-state index is 0.0436. The Bertz CT molecular complexity index is 1650. The number of amides is 1. The van der Waals surface area contributed by atoms with Crippen LogP contribution in [0.3, 0.4) is 0 Å². The zero-order valence-electron chi connectivity index (χ0n) is 24.3. The molecular formula is C34H38N4O4S. The highest BCUT2D eigenvalue weighted by Crippen LogP contribution is 2.29. The van der Waals surface area contributed by atoms with E-state index in [2.05, 4.69) is 38.9 Å². The van der Waals surface area contributed by atoms with Gasteiger partial charge in [0.1, 0.15) is 10.6 Å². The number of pyridine rings is 1. The van der Waals surface area contributed by atoms with Gasteiger partial charge in [-0.2, -0.15) is 0 Å². The maximum atomic E-state index is 13.3. The van der Waals surface area contributed by atoms with Crippen molar-refractivity contribution in [3.63, 3.8) is 0 Å². The quantitative estimate of drug-likeness (QED) is 0.243. The van der Waals surface area contributed by atoms with E-state index in [4.69, 9.17) is 4.74 Å². The molecule has 0 radical (unpaired) electrons. The van der Waals surface area contributed by atoms with Crippen LogP contribution in [0.5, 0.6) is 5.75 Å². The van der Waals surface area contributed by atoms with E-state index in [1.54, 1.807) is 48.7 Å². The Morgan fingerprint density at radius 1 is 0.884 bits per heavy atom. The fourth-order valence-corrected chi connectivity index (χ4v) is 7.01. The molecule has 224 valence electrons. The lowest BCUT2D eigenvalue weighted by atomic mass is 9.83. The summed E-state index contributed by atoms with van der Waals surface area (Å²) in [5.74, 6) is 1.74. The van der Waals surface area contributed by atoms with Crippen LogP contribution >= 0.6 is 0 Å². The summed E-state index contributed by atoms with van der Waals surface area (Å²) >= 11 is 0. The number of hydrogen-bond donors (Lipinski definition) is 1. The molecule has 8 nitrogen and oxygen atoms in total. The SMILES string of the molecule is O=C(c1ccc(NS(=O)(=O)c2cccc3cccnc23)cc1)N1CCCN(Cc2ccc(OCCC3CCC3)cc2)CC1. The molecule has 1 amide bonds. The van der Waals surface area contributed by atoms with Crippen molar-refractivity contribution in [2.75, 3.05) is 37.5 Å². The summed E-state index contributed by atoms with van der Waals surface area (Å²) in [6.45, 7) is 4.68. The number of ether oxygens (including phenoxy) is 1. The summed E-state index contributed by atoms with van der Waals surface area (Å²) in [5.41, 5.74) is 2.58. The lowest BCUT2D eigenvalue weighted by Crippen LogP contribution is -2.35. The third-order valence-corrected chi connectivity index (χ3v) is 9.91. The van der Waals surface area contributed by atoms with Crippen molar-refractivity contribution < 1.29 is 17.9 Å². The third-order valence-electron chi connectivity index (χ3n) is 8.49. The van der Waals surface area contributed by atoms with Crippen LogP contribution in [0.25, 0.3) is 10.9 Å². The number of sulfonamides is 1. The molecule has 1 saturated heterocycles. The average Bonchev–Trinajstić information content (AvgIpc) is 3.24. The molecule has 2 heterocycles. The largest absolute Gasteiger partial charge is 0.494 e. The van der Waals surface area contributed by atoms with Crippen molar-refractivity contribution in [3.8, 4) is 5.75 Å². The number of nitrogens with zero attached hydrogens (tertiary/aromatic N) is 3. The summed E-state index contributed by atoms with van der Waals surface area (Å²) in [6.07, 6.45) is 7.69. The van der Waals surface area contributed by atoms with Crippen molar-refractivity contribution in [2.45, 2.75) is 43.5 Å². The van der Waals surface area contributed by atoms with Crippen molar-refractivity contribution in [2.24, 2.45) is 5.92 Å². The summed E-state index contributed by atoms with van der Waals surface area (Å²) in [5, 5.41) is 0.750. The van der Waals surface area contributed by atoms with E-state index < -0.39 is 10.0 Å². The van der Waals surface area contributed by atoms with Gasteiger partial charge in [0.05, 0.1) is 12.1 Å². The normalized spacial score (nSPS) is 16.4. The van der Waals surface area contributed by atoms with Crippen LogP contribution in [0, 0.1) is 5.92 Å². The second-order valence-electron chi connectivity index (χ2n) is 11.5. The maximum absolute atomic E-state index is 13.3. The predicted octanol–water partition coefficient (Wildman–Crippen LogP) is 5.95. The maximum Gasteiger partial charge on any atom is 0.264 e. The predicted molar refractivity (Wildman–Crippen MR) is 169 cm³/mol. The van der Waals surface area contributed by atoms with Crippen LogP contribution < -0.4 is 9.46 Å². The smallest absolute Gasteiger partial charge is 0.264 e. The van der Waals surface area contributed by atoms with Crippen LogP contribution in [0.2, 0.25) is 0 Å². The molecular weight excluding hydrogens is 560 g/mol. The number of nitrogens with one attached hydrogen (secondary N) is 1. The summed E-state index contributed by atoms with van der Waals surface area (Å²) in [7, 11) is -3.86. The van der Waals surface area contributed by atoms with Gasteiger partial charge in [-0.1, -0.05) is 49.6 Å². The first kappa shape index (κ1) is 29.1. The first-order valence-corrected chi connectivity index (χ1v) is 16.6. The minimum atomic E-state index is -3.86. The lowest BCUT2D eigenvalue weighted by Gasteiger charge is -2.25. The molecule has 4 aromatic rings. The molecule has 6 rings (SSSR count). The summed E-state index contributed by atoms with van der Waals surface area (Å²) in [6, 6.07) is 23.7. The molecule has 1 N–H and O–H groups in total. The van der Waals surface area contributed by atoms with Crippen LogP contribution in [-0.4, -0.2) is 61.9 Å². The molecule has 1 aliphatic carbocycles. The number of para-hydroxylation sites is 1. The van der Waals surface area contributed by atoms with Gasteiger partial charge in [-0.25, -0.2) is 8.42 Å². The number of rotatable bonds is 10. The summed E-state index contributed by atoms with van der Waals surface area (Å²) < 4.78 is 34.8. The Kier molecular flexibility index (Phi) is 8.90. The van der Waals surface area contributed by atoms with E-state index in [0.29, 0.717) is 29.9 Å². The molecule has 0 unspecified atom stereocenters. The van der Waals surface area contributed by atoms with E-state index in [9.17, 15) is 13.2 Å². The van der Waals surface area contributed by atoms with Gasteiger partial charge in [-0.3, -0.25) is 19.4 Å². The Labute approximate surface area is 253 Å². The zero-order valence-corrected chi connectivity index (χ0v) is 25.1. The number of carbonyl (C=O) groups is 1. The van der Waals surface area contributed by atoms with Crippen LogP contribution in [0.4, 0.5) is 5.69 Å². The van der Waals surface area contributed by atoms with Gasteiger partial charge in [0.15, 0.2) is 0 Å². The van der Waals surface area contributed by atoms with Crippen LogP contribution in [-0.2, 0) is 16.6 Å². The number of anilines is 1. The molecule has 43 heavy (non-hydrogen) atoms. The van der Waals surface area contributed by atoms with E-state index in [1.807, 2.05) is 17.0 Å². The lowest BCUT2D eigenvalue weighted by molar-refractivity contribution is 0.0761. The minimum Gasteiger partial charge on any atom is -0.494 e. The second kappa shape index (κ2) is 13.1. The number of hydrogen-bond acceptors (Lipinski definition) is 6. The molecule has 9 heteroatoms. The van der Waals surface area contributed by atoms with Gasteiger partial charge in [0.25, 0.3) is 15.9 Å². The highest BCUT2D eigenvalue weighted by atomic mass is 32.2. The Morgan fingerprint density at radius 2 is 1.67 bits per heavy atom. The van der Waals surface area contributed by atoms with Gasteiger partial charge >= 0.3 is 0 Å². The fourth-order valence-electron chi connectivity index (χ4n) is 5.77. The van der Waals surface area contributed by atoms with E-state index in [-0.39, 0.29) is 10.8 Å². The van der Waals surface area contributed by atoms with Crippen LogP contribution in [0.15, 0.2) is 90.0 Å². The number of fused-ring (bicyclic) bond motifs is 1. The average molecular weight is 599 g/mol. The molecule has 3 aromatic carbocycles. The van der Waals surface area contributed by atoms with Crippen LogP contribution in [0.1, 0.15) is 48.0 Å². The number of aromatic nitrogens is 1. The number of carbonyl (C=O) groups excluding carboxylic acids is 1. The first-order chi connectivity index (χ1) is 20.9. The van der Waals surface area contributed by atoms with E-state index in [1.165, 1.54) is 24.8 Å². The topological polar surface area (TPSA) is 91.8 Å². The molecule has 1 saturated carbocycles. The molecule has 2 aliphatic rings. The van der Waals surface area contributed by atoms with Gasteiger partial charge in [-0.15, -0.1) is 0 Å². The Morgan fingerprint density at radius 3 is 2.44 bits per heavy atom. The van der Waals surface area contributed by atoms with Crippen molar-refractivity contribution in [3.05, 3.63) is 96.2 Å². The monoisotopic (exact) mass is 598 g/mol. The zero-order chi connectivity index (χ0) is 29.6. The van der Waals surface area contributed by atoms with Gasteiger partial charge in [-0.05, 0) is 72.9 Å². The molecule has 2 fully saturated rings. The fraction of sp³-hybridized carbons (Fsp3) is 0.353. The molecule has 0 atom stereocenters. The molecule has 0 spiro atoms. The van der Waals surface area contributed by atoms with Gasteiger partial charge in [0, 0.05) is 55.6 Å².